The van der Waals surface area contributed by atoms with Gasteiger partial charge in [0.1, 0.15) is 6.04 Å². The number of carbonyl (C=O) groups is 1. The highest BCUT2D eigenvalue weighted by Crippen LogP contribution is 2.26. The van der Waals surface area contributed by atoms with Crippen molar-refractivity contribution >= 4 is 46.8 Å². The van der Waals surface area contributed by atoms with E-state index in [9.17, 15) is 4.79 Å². The lowest BCUT2D eigenvalue weighted by molar-refractivity contribution is -0.118. The summed E-state index contributed by atoms with van der Waals surface area (Å²) < 4.78 is 2.13. The van der Waals surface area contributed by atoms with Gasteiger partial charge < -0.3 is 5.32 Å². The maximum atomic E-state index is 12.7. The Morgan fingerprint density at radius 1 is 1.46 bits per heavy atom. The van der Waals surface area contributed by atoms with E-state index in [0.29, 0.717) is 15.6 Å². The Morgan fingerprint density at radius 2 is 2.25 bits per heavy atom. The summed E-state index contributed by atoms with van der Waals surface area (Å²) in [6, 6.07) is 8.71. The van der Waals surface area contributed by atoms with Gasteiger partial charge in [0.25, 0.3) is 0 Å². The molecule has 0 aliphatic heterocycles. The maximum absolute atomic E-state index is 12.7. The summed E-state index contributed by atoms with van der Waals surface area (Å²) in [5.41, 5.74) is 1.63. The zero-order valence-electron chi connectivity index (χ0n) is 13.0. The van der Waals surface area contributed by atoms with Crippen molar-refractivity contribution in [2.24, 2.45) is 0 Å². The average Bonchev–Trinajstić information content (AvgIpc) is 3.18. The molecule has 0 radical (unpaired) electrons. The fraction of sp³-hybridized carbons (Fsp3) is 0.188. The second-order valence-electron chi connectivity index (χ2n) is 5.32. The van der Waals surface area contributed by atoms with Crippen molar-refractivity contribution in [2.75, 3.05) is 5.32 Å². The number of hydrogen-bond acceptors (Lipinski definition) is 4. The number of carbonyl (C=O) groups excluding carboxylic acids is 1. The maximum Gasteiger partial charge on any atom is 0.247 e. The molecule has 3 rings (SSSR count). The Morgan fingerprint density at radius 3 is 2.92 bits per heavy atom. The number of aromatic nitrogens is 3. The first-order valence-electron chi connectivity index (χ1n) is 7.25. The van der Waals surface area contributed by atoms with Crippen LogP contribution in [0.4, 0.5) is 5.69 Å². The quantitative estimate of drug-likeness (QED) is 0.639. The van der Waals surface area contributed by atoms with Gasteiger partial charge in [-0.25, -0.2) is 0 Å². The molecule has 8 heteroatoms. The van der Waals surface area contributed by atoms with Gasteiger partial charge in [-0.1, -0.05) is 17.7 Å². The van der Waals surface area contributed by atoms with Crippen molar-refractivity contribution in [1.29, 1.82) is 0 Å². The number of hydrogen-bond donors (Lipinski definition) is 2. The number of benzene rings is 1. The van der Waals surface area contributed by atoms with E-state index in [4.69, 9.17) is 23.8 Å². The minimum atomic E-state index is -0.511. The standard InChI is InChI=1S/C16H15ClN4OS2/c1-9-8-11(17)5-6-12(9)18-15(22)10(2)21-14(19-20-16(21)23)13-4-3-7-24-13/h3-8,10H,1-2H3,(H,18,22)(H,20,23)/t10-/m1/s1. The second-order valence-corrected chi connectivity index (χ2v) is 7.09. The number of aromatic amines is 1. The van der Waals surface area contributed by atoms with Crippen molar-refractivity contribution in [3.63, 3.8) is 0 Å². The summed E-state index contributed by atoms with van der Waals surface area (Å²) in [4.78, 5) is 13.6. The summed E-state index contributed by atoms with van der Waals surface area (Å²) in [7, 11) is 0. The van der Waals surface area contributed by atoms with E-state index in [1.165, 1.54) is 0 Å². The molecule has 0 unspecified atom stereocenters. The van der Waals surface area contributed by atoms with Crippen LogP contribution in [0.5, 0.6) is 0 Å². The van der Waals surface area contributed by atoms with Crippen LogP contribution in [0.1, 0.15) is 18.5 Å². The molecule has 1 atom stereocenters. The SMILES string of the molecule is Cc1cc(Cl)ccc1NC(=O)[C@@H](C)n1c(-c2cccs2)n[nH]c1=S. The number of nitrogens with zero attached hydrogens (tertiary/aromatic N) is 2. The first kappa shape index (κ1) is 16.9. The minimum absolute atomic E-state index is 0.171. The molecule has 1 aromatic carbocycles. The van der Waals surface area contributed by atoms with Crippen molar-refractivity contribution in [3.8, 4) is 10.7 Å². The smallest absolute Gasteiger partial charge is 0.247 e. The molecule has 0 aliphatic rings. The van der Waals surface area contributed by atoms with E-state index < -0.39 is 6.04 Å². The molecule has 0 saturated heterocycles. The Hall–Kier alpha value is -1.96. The van der Waals surface area contributed by atoms with Crippen LogP contribution in [0.3, 0.4) is 0 Å². The number of rotatable bonds is 4. The molecule has 24 heavy (non-hydrogen) atoms. The number of thiophene rings is 1. The Bertz CT molecular complexity index is 930. The predicted molar refractivity (Wildman–Crippen MR) is 100 cm³/mol. The van der Waals surface area contributed by atoms with Gasteiger partial charge in [-0.05, 0) is 61.3 Å². The molecule has 1 amide bonds. The molecule has 5 nitrogen and oxygen atoms in total. The molecular weight excluding hydrogens is 364 g/mol. The predicted octanol–water partition coefficient (Wildman–Crippen LogP) is 4.83. The van der Waals surface area contributed by atoms with Gasteiger partial charge in [0.2, 0.25) is 5.91 Å². The van der Waals surface area contributed by atoms with Gasteiger partial charge >= 0.3 is 0 Å². The van der Waals surface area contributed by atoms with Gasteiger partial charge in [0, 0.05) is 10.7 Å². The van der Waals surface area contributed by atoms with Crippen LogP contribution in [-0.4, -0.2) is 20.7 Å². The lowest BCUT2D eigenvalue weighted by atomic mass is 10.2. The highest BCUT2D eigenvalue weighted by molar-refractivity contribution is 7.71. The van der Waals surface area contributed by atoms with E-state index in [0.717, 1.165) is 16.1 Å². The third-order valence-electron chi connectivity index (χ3n) is 3.66. The lowest BCUT2D eigenvalue weighted by Gasteiger charge is -2.16. The number of H-pyrrole nitrogens is 1. The molecule has 124 valence electrons. The number of nitrogens with one attached hydrogen (secondary N) is 2. The highest BCUT2D eigenvalue weighted by Gasteiger charge is 2.21. The van der Waals surface area contributed by atoms with Gasteiger partial charge in [-0.2, -0.15) is 5.10 Å². The fourth-order valence-corrected chi connectivity index (χ4v) is 3.59. The molecule has 0 saturated carbocycles. The number of anilines is 1. The second kappa shape index (κ2) is 6.88. The van der Waals surface area contributed by atoms with Crippen molar-refractivity contribution in [2.45, 2.75) is 19.9 Å². The lowest BCUT2D eigenvalue weighted by Crippen LogP contribution is -2.24. The van der Waals surface area contributed by atoms with Crippen LogP contribution in [0.25, 0.3) is 10.7 Å². The Balaban J connectivity index is 1.89. The zero-order chi connectivity index (χ0) is 17.3. The van der Waals surface area contributed by atoms with Crippen molar-refractivity contribution in [3.05, 3.63) is 51.1 Å². The van der Waals surface area contributed by atoms with Gasteiger partial charge in [0.15, 0.2) is 10.6 Å². The monoisotopic (exact) mass is 378 g/mol. The number of halogens is 1. The molecule has 2 N–H and O–H groups in total. The summed E-state index contributed by atoms with van der Waals surface area (Å²) >= 11 is 12.8. The van der Waals surface area contributed by atoms with Crippen LogP contribution < -0.4 is 5.32 Å². The molecular formula is C16H15ClN4OS2. The summed E-state index contributed by atoms with van der Waals surface area (Å²) in [5.74, 6) is 0.487. The van der Waals surface area contributed by atoms with E-state index in [-0.39, 0.29) is 5.91 Å². The molecule has 0 bridgehead atoms. The first-order valence-corrected chi connectivity index (χ1v) is 8.91. The average molecular weight is 379 g/mol. The molecule has 0 fully saturated rings. The van der Waals surface area contributed by atoms with E-state index >= 15 is 0 Å². The normalized spacial score (nSPS) is 12.1. The Labute approximate surface area is 153 Å². The van der Waals surface area contributed by atoms with Gasteiger partial charge in [0.05, 0.1) is 4.88 Å². The van der Waals surface area contributed by atoms with Crippen LogP contribution in [-0.2, 0) is 4.79 Å². The van der Waals surface area contributed by atoms with E-state index in [1.54, 1.807) is 35.0 Å². The topological polar surface area (TPSA) is 62.7 Å². The van der Waals surface area contributed by atoms with Crippen LogP contribution in [0, 0.1) is 11.7 Å². The van der Waals surface area contributed by atoms with E-state index in [1.807, 2.05) is 30.5 Å². The first-order chi connectivity index (χ1) is 11.5. The molecule has 0 aliphatic carbocycles. The molecule has 0 spiro atoms. The largest absolute Gasteiger partial charge is 0.324 e. The van der Waals surface area contributed by atoms with Crippen LogP contribution in [0.2, 0.25) is 5.02 Å². The molecule has 3 aromatic rings. The van der Waals surface area contributed by atoms with Crippen molar-refractivity contribution < 1.29 is 4.79 Å². The molecule has 2 aromatic heterocycles. The zero-order valence-corrected chi connectivity index (χ0v) is 15.4. The number of amides is 1. The molecule has 2 heterocycles. The third kappa shape index (κ3) is 3.28. The van der Waals surface area contributed by atoms with Crippen molar-refractivity contribution in [1.82, 2.24) is 14.8 Å². The van der Waals surface area contributed by atoms with E-state index in [2.05, 4.69) is 15.5 Å². The minimum Gasteiger partial charge on any atom is -0.324 e. The van der Waals surface area contributed by atoms with Crippen LogP contribution >= 0.6 is 35.2 Å². The highest BCUT2D eigenvalue weighted by atomic mass is 35.5. The van der Waals surface area contributed by atoms with Gasteiger partial charge in [-0.3, -0.25) is 14.5 Å². The van der Waals surface area contributed by atoms with Gasteiger partial charge in [-0.15, -0.1) is 11.3 Å². The summed E-state index contributed by atoms with van der Waals surface area (Å²) in [5, 5.41) is 12.5. The van der Waals surface area contributed by atoms with Crippen LogP contribution in [0.15, 0.2) is 35.7 Å². The third-order valence-corrected chi connectivity index (χ3v) is 5.05. The summed E-state index contributed by atoms with van der Waals surface area (Å²) in [6.45, 7) is 3.69. The summed E-state index contributed by atoms with van der Waals surface area (Å²) in [6.07, 6.45) is 0. The number of aryl methyl sites for hydroxylation is 1. The Kier molecular flexibility index (Phi) is 4.84. The fourth-order valence-electron chi connectivity index (χ4n) is 2.37.